The monoisotopic (exact) mass is 192 g/mol. The van der Waals surface area contributed by atoms with Crippen molar-refractivity contribution in [3.8, 4) is 5.75 Å². The number of Topliss-reactive ketones (excluding diaryl/α,β-unsaturated/α-hetero) is 1. The van der Waals surface area contributed by atoms with Crippen LogP contribution in [0.5, 0.6) is 5.75 Å². The summed E-state index contributed by atoms with van der Waals surface area (Å²) in [4.78, 5) is 10.9. The molecule has 2 nitrogen and oxygen atoms in total. The van der Waals surface area contributed by atoms with Crippen LogP contribution in [0.15, 0.2) is 18.2 Å². The van der Waals surface area contributed by atoms with Gasteiger partial charge < -0.3 is 4.74 Å². The van der Waals surface area contributed by atoms with Gasteiger partial charge in [0.15, 0.2) is 17.3 Å². The highest BCUT2D eigenvalue weighted by atomic mass is 19.1. The second kappa shape index (κ2) is 4.79. The third-order valence-electron chi connectivity index (χ3n) is 1.74. The maximum absolute atomic E-state index is 13.0. The average molecular weight is 192 g/mol. The Bertz CT molecular complexity index is 339. The van der Waals surface area contributed by atoms with Gasteiger partial charge in [0.05, 0.1) is 0 Å². The number of ether oxygens (including phenoxy) is 1. The minimum atomic E-state index is -0.511. The van der Waals surface area contributed by atoms with E-state index in [1.807, 2.05) is 0 Å². The van der Waals surface area contributed by atoms with Crippen molar-refractivity contribution in [3.05, 3.63) is 24.0 Å². The van der Waals surface area contributed by atoms with Gasteiger partial charge in [-0.15, -0.1) is 0 Å². The second-order valence-electron chi connectivity index (χ2n) is 2.87. The summed E-state index contributed by atoms with van der Waals surface area (Å²) in [5.74, 6) is -0.568. The first kappa shape index (κ1) is 10.8. The molecule has 2 radical (unpaired) electrons. The molecule has 4 heteroatoms. The lowest BCUT2D eigenvalue weighted by atomic mass is 9.96. The van der Waals surface area contributed by atoms with Crippen molar-refractivity contribution in [2.24, 2.45) is 0 Å². The number of rotatable bonds is 4. The highest BCUT2D eigenvalue weighted by Crippen LogP contribution is 2.13. The Labute approximate surface area is 83.5 Å². The number of hydrogen-bond donors (Lipinski definition) is 0. The summed E-state index contributed by atoms with van der Waals surface area (Å²) < 4.78 is 18.0. The molecule has 0 unspecified atom stereocenters. The summed E-state index contributed by atoms with van der Waals surface area (Å²) in [5, 5.41) is 0. The number of carbonyl (C=O) groups excluding carboxylic acids is 1. The largest absolute Gasteiger partial charge is 0.483 e. The van der Waals surface area contributed by atoms with Crippen LogP contribution in [-0.2, 0) is 4.79 Å². The fourth-order valence-corrected chi connectivity index (χ4v) is 0.891. The van der Waals surface area contributed by atoms with E-state index in [0.29, 0.717) is 11.9 Å². The first-order valence-corrected chi connectivity index (χ1v) is 4.33. The van der Waals surface area contributed by atoms with E-state index in [9.17, 15) is 9.18 Å². The van der Waals surface area contributed by atoms with Gasteiger partial charge in [0.2, 0.25) is 0 Å². The Balaban J connectivity index is 2.66. The smallest absolute Gasteiger partial charge is 0.169 e. The predicted molar refractivity (Wildman–Crippen MR) is 52.6 cm³/mol. The van der Waals surface area contributed by atoms with E-state index in [4.69, 9.17) is 12.6 Å². The summed E-state index contributed by atoms with van der Waals surface area (Å²) in [7, 11) is 5.43. The maximum atomic E-state index is 13.0. The molecule has 0 aromatic heterocycles. The van der Waals surface area contributed by atoms with Crippen LogP contribution in [0.25, 0.3) is 0 Å². The standard InChI is InChI=1S/C10H10BFO2/c1-2-8(13)6-14-10-5-7(11)3-4-9(10)12/h3-5H,2,6H2,1H3. The first-order chi connectivity index (χ1) is 6.63. The van der Waals surface area contributed by atoms with E-state index in [1.165, 1.54) is 18.2 Å². The third-order valence-corrected chi connectivity index (χ3v) is 1.74. The van der Waals surface area contributed by atoms with E-state index in [0.717, 1.165) is 0 Å². The summed E-state index contributed by atoms with van der Waals surface area (Å²) >= 11 is 0. The van der Waals surface area contributed by atoms with Gasteiger partial charge >= 0.3 is 0 Å². The van der Waals surface area contributed by atoms with Crippen LogP contribution in [0, 0.1) is 5.82 Å². The Hall–Kier alpha value is -1.32. The molecule has 0 N–H and O–H groups in total. The van der Waals surface area contributed by atoms with Gasteiger partial charge in [0, 0.05) is 6.42 Å². The number of hydrogen-bond acceptors (Lipinski definition) is 2. The van der Waals surface area contributed by atoms with Gasteiger partial charge in [0.25, 0.3) is 0 Å². The molecule has 0 heterocycles. The third kappa shape index (κ3) is 2.87. The van der Waals surface area contributed by atoms with Gasteiger partial charge in [-0.2, -0.15) is 0 Å². The van der Waals surface area contributed by atoms with Gasteiger partial charge in [-0.25, -0.2) is 4.39 Å². The minimum Gasteiger partial charge on any atom is -0.483 e. The van der Waals surface area contributed by atoms with E-state index < -0.39 is 5.82 Å². The van der Waals surface area contributed by atoms with E-state index >= 15 is 0 Å². The Morgan fingerprint density at radius 3 is 2.93 bits per heavy atom. The lowest BCUT2D eigenvalue weighted by Gasteiger charge is -2.06. The van der Waals surface area contributed by atoms with Crippen LogP contribution in [0.2, 0.25) is 0 Å². The van der Waals surface area contributed by atoms with Gasteiger partial charge in [-0.3, -0.25) is 4.79 Å². The molecule has 0 saturated heterocycles. The Morgan fingerprint density at radius 2 is 2.29 bits per heavy atom. The zero-order valence-corrected chi connectivity index (χ0v) is 7.92. The summed E-state index contributed by atoms with van der Waals surface area (Å²) in [6.07, 6.45) is 0.379. The molecule has 0 aliphatic rings. The molecule has 0 spiro atoms. The summed E-state index contributed by atoms with van der Waals surface area (Å²) in [6, 6.07) is 4.00. The normalized spacial score (nSPS) is 9.86. The van der Waals surface area contributed by atoms with Crippen LogP contribution in [0.1, 0.15) is 13.3 Å². The summed E-state index contributed by atoms with van der Waals surface area (Å²) in [6.45, 7) is 1.61. The van der Waals surface area contributed by atoms with Crippen molar-refractivity contribution in [3.63, 3.8) is 0 Å². The fraction of sp³-hybridized carbons (Fsp3) is 0.300. The fourth-order valence-electron chi connectivity index (χ4n) is 0.891. The zero-order chi connectivity index (χ0) is 10.6. The number of halogens is 1. The van der Waals surface area contributed by atoms with Crippen molar-refractivity contribution < 1.29 is 13.9 Å². The first-order valence-electron chi connectivity index (χ1n) is 4.33. The van der Waals surface area contributed by atoms with Crippen LogP contribution in [0.3, 0.4) is 0 Å². The van der Waals surface area contributed by atoms with Gasteiger partial charge in [0.1, 0.15) is 14.5 Å². The van der Waals surface area contributed by atoms with Crippen molar-refractivity contribution in [1.82, 2.24) is 0 Å². The predicted octanol–water partition coefficient (Wildman–Crippen LogP) is 0.977. The van der Waals surface area contributed by atoms with Crippen molar-refractivity contribution in [2.75, 3.05) is 6.61 Å². The van der Waals surface area contributed by atoms with E-state index in [2.05, 4.69) is 0 Å². The van der Waals surface area contributed by atoms with Crippen LogP contribution in [0.4, 0.5) is 4.39 Å². The lowest BCUT2D eigenvalue weighted by molar-refractivity contribution is -0.120. The van der Waals surface area contributed by atoms with Gasteiger partial charge in [-0.1, -0.05) is 18.5 Å². The highest BCUT2D eigenvalue weighted by molar-refractivity contribution is 6.32. The molecule has 0 aliphatic carbocycles. The molecular weight excluding hydrogens is 182 g/mol. The molecule has 0 atom stereocenters. The number of ketones is 1. The second-order valence-corrected chi connectivity index (χ2v) is 2.87. The lowest BCUT2D eigenvalue weighted by Crippen LogP contribution is -2.12. The topological polar surface area (TPSA) is 26.3 Å². The quantitative estimate of drug-likeness (QED) is 0.664. The molecule has 72 valence electrons. The minimum absolute atomic E-state index is 0.0202. The molecule has 1 aromatic rings. The van der Waals surface area contributed by atoms with Crippen LogP contribution < -0.4 is 10.2 Å². The van der Waals surface area contributed by atoms with Crippen LogP contribution >= 0.6 is 0 Å². The van der Waals surface area contributed by atoms with Crippen molar-refractivity contribution in [1.29, 1.82) is 0 Å². The highest BCUT2D eigenvalue weighted by Gasteiger charge is 2.05. The van der Waals surface area contributed by atoms with Crippen molar-refractivity contribution >= 4 is 19.1 Å². The molecule has 0 bridgehead atoms. The summed E-state index contributed by atoms with van der Waals surface area (Å²) in [5.41, 5.74) is 0.408. The van der Waals surface area contributed by atoms with E-state index in [-0.39, 0.29) is 18.1 Å². The van der Waals surface area contributed by atoms with E-state index in [1.54, 1.807) is 6.92 Å². The molecule has 14 heavy (non-hydrogen) atoms. The van der Waals surface area contributed by atoms with Crippen LogP contribution in [-0.4, -0.2) is 20.2 Å². The zero-order valence-electron chi connectivity index (χ0n) is 7.92. The number of benzene rings is 1. The molecule has 0 fully saturated rings. The molecule has 0 amide bonds. The van der Waals surface area contributed by atoms with Gasteiger partial charge in [-0.05, 0) is 12.1 Å². The average Bonchev–Trinajstić information content (AvgIpc) is 2.19. The molecule has 0 aliphatic heterocycles. The molecule has 0 saturated carbocycles. The SMILES string of the molecule is [B]c1ccc(F)c(OCC(=O)CC)c1. The molecule has 1 rings (SSSR count). The maximum Gasteiger partial charge on any atom is 0.169 e. The number of carbonyl (C=O) groups is 1. The Kier molecular flexibility index (Phi) is 3.68. The van der Waals surface area contributed by atoms with Crippen molar-refractivity contribution in [2.45, 2.75) is 13.3 Å². The molecular formula is C10H10BFO2. The Morgan fingerprint density at radius 1 is 1.57 bits per heavy atom. The molecule has 1 aromatic carbocycles.